The molecule has 4 aromatic carbocycles. The van der Waals surface area contributed by atoms with Crippen molar-refractivity contribution < 1.29 is 19.1 Å². The molecule has 1 aliphatic carbocycles. The molecule has 6 rings (SSSR count). The summed E-state index contributed by atoms with van der Waals surface area (Å²) in [6, 6.07) is 33.5. The van der Waals surface area contributed by atoms with E-state index in [0.29, 0.717) is 11.1 Å². The zero-order valence-electron chi connectivity index (χ0n) is 21.7. The number of hydrogen-bond acceptors (Lipinski definition) is 4. The summed E-state index contributed by atoms with van der Waals surface area (Å²) in [6.07, 6.45) is 6.91. The van der Waals surface area contributed by atoms with Gasteiger partial charge in [-0.05, 0) is 88.7 Å². The van der Waals surface area contributed by atoms with Crippen molar-refractivity contribution in [2.75, 3.05) is 14.2 Å². The summed E-state index contributed by atoms with van der Waals surface area (Å²) < 4.78 is 12.8. The number of hydrogen-bond donors (Lipinski definition) is 0. The second kappa shape index (κ2) is 13.6. The molecular weight excluding hydrogens is 601 g/mol. The number of fused-ring (bicyclic) bond motifs is 2. The van der Waals surface area contributed by atoms with Gasteiger partial charge in [-0.1, -0.05) is 66.7 Å². The Morgan fingerprint density at radius 3 is 1.97 bits per heavy atom. The number of benzene rings is 4. The average Bonchev–Trinajstić information content (AvgIpc) is 3.65. The van der Waals surface area contributed by atoms with Gasteiger partial charge in [0.2, 0.25) is 0 Å². The van der Waals surface area contributed by atoms with E-state index >= 15 is 0 Å². The summed E-state index contributed by atoms with van der Waals surface area (Å²) in [5.41, 5.74) is 5.52. The summed E-state index contributed by atoms with van der Waals surface area (Å²) in [5, 5.41) is 0.901. The average molecular weight is 629 g/mol. The third kappa shape index (κ3) is 6.83. The minimum absolute atomic E-state index is 0.261. The van der Waals surface area contributed by atoms with Crippen LogP contribution in [0.2, 0.25) is 0 Å². The molecule has 0 saturated carbocycles. The van der Waals surface area contributed by atoms with E-state index in [-0.39, 0.29) is 11.9 Å². The van der Waals surface area contributed by atoms with E-state index in [1.54, 1.807) is 12.1 Å². The predicted molar refractivity (Wildman–Crippen MR) is 164 cm³/mol. The maximum absolute atomic E-state index is 11.7. The molecule has 0 amide bonds. The van der Waals surface area contributed by atoms with Crippen LogP contribution in [0.1, 0.15) is 31.8 Å². The number of halogens is 1. The number of allylic oxidation sites excluding steroid dienone is 1. The van der Waals surface area contributed by atoms with E-state index in [9.17, 15) is 9.59 Å². The monoisotopic (exact) mass is 629 g/mol. The highest BCUT2D eigenvalue weighted by Gasteiger charge is 2.15. The van der Waals surface area contributed by atoms with Crippen LogP contribution in [-0.4, -0.2) is 30.7 Å². The summed E-state index contributed by atoms with van der Waals surface area (Å²) in [5.74, 6) is -0.570. The van der Waals surface area contributed by atoms with Gasteiger partial charge in [0, 0.05) is 20.8 Å². The number of aromatic nitrogens is 1. The van der Waals surface area contributed by atoms with Crippen LogP contribution in [0.15, 0.2) is 115 Å². The summed E-state index contributed by atoms with van der Waals surface area (Å²) in [6.45, 7) is 0. The molecule has 0 fully saturated rings. The molecule has 0 unspecified atom stereocenters. The SMILES string of the molecule is COC(=O)c1cccc2c1C=CC2.COC(=O)c1cccc2c1ccn2-c1ccccc1.Ic1ccccc1. The Morgan fingerprint density at radius 2 is 1.33 bits per heavy atom. The molecule has 0 saturated heterocycles. The van der Waals surface area contributed by atoms with E-state index in [4.69, 9.17) is 4.74 Å². The van der Waals surface area contributed by atoms with Crippen LogP contribution in [0.3, 0.4) is 0 Å². The van der Waals surface area contributed by atoms with Crippen LogP contribution in [0.25, 0.3) is 22.7 Å². The van der Waals surface area contributed by atoms with Gasteiger partial charge in [0.1, 0.15) is 0 Å². The second-order valence-electron chi connectivity index (χ2n) is 8.52. The van der Waals surface area contributed by atoms with E-state index < -0.39 is 0 Å². The van der Waals surface area contributed by atoms with E-state index in [1.807, 2.05) is 91.1 Å². The predicted octanol–water partition coefficient (Wildman–Crippen LogP) is 7.75. The van der Waals surface area contributed by atoms with Gasteiger partial charge >= 0.3 is 11.9 Å². The lowest BCUT2D eigenvalue weighted by Gasteiger charge is -2.06. The Bertz CT molecular complexity index is 1590. The Balaban J connectivity index is 0.000000152. The number of esters is 2. The minimum atomic E-state index is -0.309. The molecule has 196 valence electrons. The zero-order valence-corrected chi connectivity index (χ0v) is 23.9. The Morgan fingerprint density at radius 1 is 0.718 bits per heavy atom. The first kappa shape index (κ1) is 27.9. The molecule has 6 heteroatoms. The third-order valence-electron chi connectivity index (χ3n) is 6.13. The maximum atomic E-state index is 11.7. The van der Waals surface area contributed by atoms with Gasteiger partial charge in [-0.2, -0.15) is 0 Å². The van der Waals surface area contributed by atoms with Crippen LogP contribution < -0.4 is 0 Å². The first-order chi connectivity index (χ1) is 19.0. The lowest BCUT2D eigenvalue weighted by atomic mass is 10.0. The van der Waals surface area contributed by atoms with Crippen LogP contribution >= 0.6 is 22.6 Å². The molecule has 0 aliphatic heterocycles. The molecule has 5 aromatic rings. The smallest absolute Gasteiger partial charge is 0.338 e. The van der Waals surface area contributed by atoms with E-state index in [1.165, 1.54) is 23.4 Å². The van der Waals surface area contributed by atoms with E-state index in [0.717, 1.165) is 28.6 Å². The normalized spacial score (nSPS) is 10.9. The Kier molecular flexibility index (Phi) is 9.69. The molecule has 1 aromatic heterocycles. The molecule has 5 nitrogen and oxygen atoms in total. The highest BCUT2D eigenvalue weighted by Crippen LogP contribution is 2.25. The molecule has 0 radical (unpaired) electrons. The fraction of sp³-hybridized carbons (Fsp3) is 0.0909. The number of rotatable bonds is 3. The van der Waals surface area contributed by atoms with Crippen LogP contribution in [0, 0.1) is 3.57 Å². The summed E-state index contributed by atoms with van der Waals surface area (Å²) >= 11 is 2.28. The van der Waals surface area contributed by atoms with Crippen molar-refractivity contribution in [3.63, 3.8) is 0 Å². The van der Waals surface area contributed by atoms with Crippen molar-refractivity contribution in [1.82, 2.24) is 4.57 Å². The van der Waals surface area contributed by atoms with Gasteiger partial charge in [-0.3, -0.25) is 0 Å². The molecule has 1 aliphatic rings. The number of methoxy groups -OCH3 is 2. The summed E-state index contributed by atoms with van der Waals surface area (Å²) in [7, 11) is 2.80. The minimum Gasteiger partial charge on any atom is -0.465 e. The molecular formula is C33H28INO4. The quantitative estimate of drug-likeness (QED) is 0.151. The van der Waals surface area contributed by atoms with Crippen LogP contribution in [0.4, 0.5) is 0 Å². The molecule has 0 bridgehead atoms. The molecule has 0 atom stereocenters. The van der Waals surface area contributed by atoms with Crippen molar-refractivity contribution in [2.24, 2.45) is 0 Å². The maximum Gasteiger partial charge on any atom is 0.338 e. The van der Waals surface area contributed by atoms with Gasteiger partial charge in [0.05, 0.1) is 30.9 Å². The second-order valence-corrected chi connectivity index (χ2v) is 9.77. The number of carbonyl (C=O) groups is 2. The highest BCUT2D eigenvalue weighted by molar-refractivity contribution is 14.1. The molecule has 0 N–H and O–H groups in total. The standard InChI is InChI=1S/C16H13NO2.C11H10O2.C6H5I/c1-19-16(18)14-8-5-9-15-13(14)10-11-17(15)12-6-3-2-4-7-12;1-13-11(12)10-7-3-5-8-4-2-6-9(8)10;7-6-4-2-1-3-5-6/h2-11H,1H3;2-3,5-7H,4H2,1H3;1-5H. The van der Waals surface area contributed by atoms with Gasteiger partial charge in [-0.25, -0.2) is 9.59 Å². The molecule has 39 heavy (non-hydrogen) atoms. The van der Waals surface area contributed by atoms with Gasteiger partial charge < -0.3 is 14.0 Å². The summed E-state index contributed by atoms with van der Waals surface area (Å²) in [4.78, 5) is 23.1. The van der Waals surface area contributed by atoms with Crippen molar-refractivity contribution in [3.05, 3.63) is 141 Å². The third-order valence-corrected chi connectivity index (χ3v) is 6.85. The van der Waals surface area contributed by atoms with Crippen molar-refractivity contribution in [1.29, 1.82) is 0 Å². The Hall–Kier alpha value is -4.17. The Labute approximate surface area is 241 Å². The number of nitrogens with zero attached hydrogens (tertiary/aromatic N) is 1. The van der Waals surface area contributed by atoms with Crippen LogP contribution in [0.5, 0.6) is 0 Å². The van der Waals surface area contributed by atoms with Crippen molar-refractivity contribution in [2.45, 2.75) is 6.42 Å². The first-order valence-electron chi connectivity index (χ1n) is 12.3. The lowest BCUT2D eigenvalue weighted by molar-refractivity contribution is 0.0592. The number of ether oxygens (including phenoxy) is 2. The van der Waals surface area contributed by atoms with Crippen molar-refractivity contribution >= 4 is 51.5 Å². The van der Waals surface area contributed by atoms with Crippen LogP contribution in [-0.2, 0) is 15.9 Å². The largest absolute Gasteiger partial charge is 0.465 e. The van der Waals surface area contributed by atoms with Crippen molar-refractivity contribution in [3.8, 4) is 5.69 Å². The van der Waals surface area contributed by atoms with Gasteiger partial charge in [0.25, 0.3) is 0 Å². The lowest BCUT2D eigenvalue weighted by Crippen LogP contribution is -2.04. The fourth-order valence-electron chi connectivity index (χ4n) is 4.26. The molecule has 1 heterocycles. The first-order valence-corrected chi connectivity index (χ1v) is 13.4. The fourth-order valence-corrected chi connectivity index (χ4v) is 4.68. The number of para-hydroxylation sites is 1. The zero-order chi connectivity index (χ0) is 27.6. The topological polar surface area (TPSA) is 57.5 Å². The highest BCUT2D eigenvalue weighted by atomic mass is 127. The van der Waals surface area contributed by atoms with E-state index in [2.05, 4.69) is 50.1 Å². The van der Waals surface area contributed by atoms with Gasteiger partial charge in [-0.15, -0.1) is 0 Å². The van der Waals surface area contributed by atoms with Gasteiger partial charge in [0.15, 0.2) is 0 Å². The molecule has 0 spiro atoms. The number of carbonyl (C=O) groups excluding carboxylic acids is 2.